The highest BCUT2D eigenvalue weighted by molar-refractivity contribution is 5.32. The van der Waals surface area contributed by atoms with E-state index in [4.69, 9.17) is 4.74 Å². The smallest absolute Gasteiger partial charge is 0.200 e. The lowest BCUT2D eigenvalue weighted by Crippen LogP contribution is -2.20. The average Bonchev–Trinajstić information content (AvgIpc) is 2.70. The maximum Gasteiger partial charge on any atom is 0.200 e. The Labute approximate surface area is 169 Å². The topological polar surface area (TPSA) is 49.7 Å². The summed E-state index contributed by atoms with van der Waals surface area (Å²) in [6.07, 6.45) is 3.13. The monoisotopic (exact) mass is 408 g/mol. The van der Waals surface area contributed by atoms with Gasteiger partial charge in [-0.25, -0.2) is 8.78 Å². The van der Waals surface area contributed by atoms with Gasteiger partial charge in [0.2, 0.25) is 5.82 Å². The molecule has 1 aliphatic carbocycles. The van der Waals surface area contributed by atoms with Gasteiger partial charge in [0.15, 0.2) is 11.6 Å². The van der Waals surface area contributed by atoms with Crippen LogP contribution >= 0.6 is 0 Å². The molecule has 0 heterocycles. The van der Waals surface area contributed by atoms with E-state index in [0.717, 1.165) is 31.7 Å². The largest absolute Gasteiger partial charge is 0.508 e. The Balaban J connectivity index is 1.56. The van der Waals surface area contributed by atoms with E-state index in [2.05, 4.69) is 0 Å². The summed E-state index contributed by atoms with van der Waals surface area (Å²) in [6.45, 7) is 2.12. The van der Waals surface area contributed by atoms with Crippen molar-refractivity contribution in [3.05, 3.63) is 58.9 Å². The zero-order valence-electron chi connectivity index (χ0n) is 16.5. The summed E-state index contributed by atoms with van der Waals surface area (Å²) in [5.74, 6) is -2.50. The number of hydrogen-bond acceptors (Lipinski definition) is 3. The molecule has 158 valence electrons. The number of benzene rings is 2. The molecule has 2 N–H and O–H groups in total. The van der Waals surface area contributed by atoms with E-state index >= 15 is 0 Å². The first-order valence-electron chi connectivity index (χ1n) is 10.2. The normalized spacial score (nSPS) is 20.4. The van der Waals surface area contributed by atoms with Crippen LogP contribution in [-0.2, 0) is 0 Å². The van der Waals surface area contributed by atoms with Gasteiger partial charge in [0.05, 0.1) is 12.7 Å². The average molecular weight is 408 g/mol. The second kappa shape index (κ2) is 9.53. The fourth-order valence-electron chi connectivity index (χ4n) is 4.04. The van der Waals surface area contributed by atoms with Crippen LogP contribution in [0.4, 0.5) is 13.2 Å². The van der Waals surface area contributed by atoms with Gasteiger partial charge in [0, 0.05) is 11.6 Å². The standard InChI is InChI=1S/C23H27F3O3/c1-2-3-20(28)18-10-11-21(23(26)22(18)25)29-13-14-4-6-15(7-5-14)17-9-8-16(27)12-19(17)24/h8-12,14-15,20,27-28H,2-7,13H2,1H3. The van der Waals surface area contributed by atoms with Crippen LogP contribution in [0.25, 0.3) is 0 Å². The molecule has 0 spiro atoms. The number of hydrogen-bond donors (Lipinski definition) is 2. The van der Waals surface area contributed by atoms with E-state index in [0.29, 0.717) is 18.4 Å². The van der Waals surface area contributed by atoms with Gasteiger partial charge in [0.25, 0.3) is 0 Å². The molecular weight excluding hydrogens is 381 g/mol. The molecule has 1 saturated carbocycles. The van der Waals surface area contributed by atoms with Crippen LogP contribution in [0.1, 0.15) is 68.6 Å². The molecule has 0 amide bonds. The van der Waals surface area contributed by atoms with Gasteiger partial charge in [-0.1, -0.05) is 19.4 Å². The van der Waals surface area contributed by atoms with E-state index in [1.807, 2.05) is 6.92 Å². The third-order valence-corrected chi connectivity index (χ3v) is 5.74. The molecule has 1 atom stereocenters. The van der Waals surface area contributed by atoms with Crippen molar-refractivity contribution in [2.45, 2.75) is 57.5 Å². The number of phenolic OH excluding ortho intramolecular Hbond substituents is 1. The number of ether oxygens (including phenoxy) is 1. The second-order valence-electron chi connectivity index (χ2n) is 7.82. The fraction of sp³-hybridized carbons (Fsp3) is 0.478. The van der Waals surface area contributed by atoms with Crippen LogP contribution in [0.3, 0.4) is 0 Å². The van der Waals surface area contributed by atoms with Crippen LogP contribution in [0.15, 0.2) is 30.3 Å². The molecule has 0 aliphatic heterocycles. The zero-order valence-corrected chi connectivity index (χ0v) is 16.5. The van der Waals surface area contributed by atoms with Crippen LogP contribution < -0.4 is 4.74 Å². The number of phenols is 1. The molecular formula is C23H27F3O3. The summed E-state index contributed by atoms with van der Waals surface area (Å²) in [6, 6.07) is 6.98. The number of aliphatic hydroxyl groups excluding tert-OH is 1. The molecule has 3 nitrogen and oxygen atoms in total. The van der Waals surface area contributed by atoms with E-state index in [1.54, 1.807) is 6.07 Å². The highest BCUT2D eigenvalue weighted by atomic mass is 19.2. The molecule has 29 heavy (non-hydrogen) atoms. The van der Waals surface area contributed by atoms with Gasteiger partial charge in [-0.3, -0.25) is 0 Å². The van der Waals surface area contributed by atoms with E-state index in [-0.39, 0.29) is 35.5 Å². The zero-order chi connectivity index (χ0) is 21.0. The number of aromatic hydroxyl groups is 1. The van der Waals surface area contributed by atoms with Crippen molar-refractivity contribution in [1.82, 2.24) is 0 Å². The molecule has 0 radical (unpaired) electrons. The fourth-order valence-corrected chi connectivity index (χ4v) is 4.04. The Morgan fingerprint density at radius 1 is 1.03 bits per heavy atom. The van der Waals surface area contributed by atoms with E-state index in [9.17, 15) is 23.4 Å². The minimum absolute atomic E-state index is 0.0480. The molecule has 1 aliphatic rings. The molecule has 0 bridgehead atoms. The van der Waals surface area contributed by atoms with Crippen molar-refractivity contribution in [3.8, 4) is 11.5 Å². The van der Waals surface area contributed by atoms with Crippen molar-refractivity contribution in [1.29, 1.82) is 0 Å². The minimum atomic E-state index is -1.07. The minimum Gasteiger partial charge on any atom is -0.508 e. The van der Waals surface area contributed by atoms with Gasteiger partial charge in [-0.15, -0.1) is 0 Å². The lowest BCUT2D eigenvalue weighted by Gasteiger charge is -2.29. The maximum atomic E-state index is 14.3. The molecule has 2 aromatic rings. The number of halogens is 3. The number of aliphatic hydroxyl groups is 1. The van der Waals surface area contributed by atoms with Gasteiger partial charge in [-0.2, -0.15) is 4.39 Å². The molecule has 3 rings (SSSR count). The molecule has 0 saturated heterocycles. The Bertz CT molecular complexity index is 832. The van der Waals surface area contributed by atoms with Crippen molar-refractivity contribution >= 4 is 0 Å². The molecule has 0 aromatic heterocycles. The molecule has 6 heteroatoms. The first-order valence-corrected chi connectivity index (χ1v) is 10.2. The Kier molecular flexibility index (Phi) is 7.06. The second-order valence-corrected chi connectivity index (χ2v) is 7.82. The van der Waals surface area contributed by atoms with E-state index in [1.165, 1.54) is 18.2 Å². The van der Waals surface area contributed by atoms with Crippen LogP contribution in [-0.4, -0.2) is 16.8 Å². The van der Waals surface area contributed by atoms with Crippen molar-refractivity contribution < 1.29 is 28.1 Å². The van der Waals surface area contributed by atoms with Crippen LogP contribution in [0.2, 0.25) is 0 Å². The third-order valence-electron chi connectivity index (χ3n) is 5.74. The molecule has 2 aromatic carbocycles. The Morgan fingerprint density at radius 2 is 1.76 bits per heavy atom. The maximum absolute atomic E-state index is 14.3. The summed E-state index contributed by atoms with van der Waals surface area (Å²) in [4.78, 5) is 0. The Morgan fingerprint density at radius 3 is 2.41 bits per heavy atom. The summed E-state index contributed by atoms with van der Waals surface area (Å²) in [5, 5.41) is 19.3. The summed E-state index contributed by atoms with van der Waals surface area (Å²) >= 11 is 0. The lowest BCUT2D eigenvalue weighted by molar-refractivity contribution is 0.159. The SMILES string of the molecule is CCCC(O)c1ccc(OCC2CCC(c3ccc(O)cc3F)CC2)c(F)c1F. The highest BCUT2D eigenvalue weighted by Gasteiger charge is 2.26. The van der Waals surface area contributed by atoms with E-state index < -0.39 is 23.6 Å². The van der Waals surface area contributed by atoms with Gasteiger partial charge < -0.3 is 14.9 Å². The van der Waals surface area contributed by atoms with Gasteiger partial charge in [-0.05, 0) is 67.7 Å². The predicted octanol–water partition coefficient (Wildman–Crippen LogP) is 6.00. The number of rotatable bonds is 7. The first-order chi connectivity index (χ1) is 13.9. The summed E-state index contributed by atoms with van der Waals surface area (Å²) in [7, 11) is 0. The summed E-state index contributed by atoms with van der Waals surface area (Å²) < 4.78 is 48.1. The Hall–Kier alpha value is -2.21. The predicted molar refractivity (Wildman–Crippen MR) is 104 cm³/mol. The van der Waals surface area contributed by atoms with Crippen molar-refractivity contribution in [3.63, 3.8) is 0 Å². The van der Waals surface area contributed by atoms with Crippen LogP contribution in [0, 0.1) is 23.4 Å². The molecule has 1 unspecified atom stereocenters. The highest BCUT2D eigenvalue weighted by Crippen LogP contribution is 2.38. The van der Waals surface area contributed by atoms with Crippen molar-refractivity contribution in [2.75, 3.05) is 6.61 Å². The first kappa shape index (κ1) is 21.5. The quantitative estimate of drug-likeness (QED) is 0.591. The van der Waals surface area contributed by atoms with Gasteiger partial charge in [0.1, 0.15) is 11.6 Å². The van der Waals surface area contributed by atoms with Gasteiger partial charge >= 0.3 is 0 Å². The summed E-state index contributed by atoms with van der Waals surface area (Å²) in [5.41, 5.74) is 0.560. The molecule has 1 fully saturated rings. The third kappa shape index (κ3) is 5.04. The lowest BCUT2D eigenvalue weighted by atomic mass is 9.79. The van der Waals surface area contributed by atoms with Crippen LogP contribution in [0.5, 0.6) is 11.5 Å². The van der Waals surface area contributed by atoms with Crippen molar-refractivity contribution in [2.24, 2.45) is 5.92 Å².